The number of likely N-dealkylation sites (tertiary alicyclic amines) is 1. The van der Waals surface area contributed by atoms with Crippen molar-refractivity contribution in [1.82, 2.24) is 10.2 Å². The number of rotatable bonds is 7. The van der Waals surface area contributed by atoms with Crippen LogP contribution in [0.2, 0.25) is 0 Å². The van der Waals surface area contributed by atoms with Crippen molar-refractivity contribution in [3.8, 4) is 5.75 Å². The lowest BCUT2D eigenvalue weighted by atomic mass is 9.94. The minimum Gasteiger partial charge on any atom is -0.489 e. The van der Waals surface area contributed by atoms with Crippen LogP contribution in [0.1, 0.15) is 44.7 Å². The second-order valence-electron chi connectivity index (χ2n) is 9.62. The maximum Gasteiger partial charge on any atom is 0.199 e. The summed E-state index contributed by atoms with van der Waals surface area (Å²) in [4.78, 5) is 7.34. The van der Waals surface area contributed by atoms with E-state index >= 15 is 0 Å². The number of piperidine rings is 1. The van der Waals surface area contributed by atoms with Gasteiger partial charge in [-0.2, -0.15) is 0 Å². The first-order chi connectivity index (χ1) is 14.8. The number of aliphatic imine (C=N–C) groups is 1. The zero-order valence-corrected chi connectivity index (χ0v) is 19.5. The Morgan fingerprint density at radius 1 is 1.16 bits per heavy atom. The summed E-state index contributed by atoms with van der Waals surface area (Å²) in [5.74, 6) is 2.48. The Morgan fingerprint density at radius 3 is 2.52 bits per heavy atom. The smallest absolute Gasteiger partial charge is 0.199 e. The molecule has 1 atom stereocenters. The van der Waals surface area contributed by atoms with Gasteiger partial charge in [0.1, 0.15) is 12.4 Å². The van der Waals surface area contributed by atoms with Crippen LogP contribution in [-0.2, 0) is 6.61 Å². The van der Waals surface area contributed by atoms with Gasteiger partial charge in [-0.25, -0.2) is 4.99 Å². The summed E-state index contributed by atoms with van der Waals surface area (Å²) < 4.78 is 5.94. The molecule has 5 heteroatoms. The predicted octanol–water partition coefficient (Wildman–Crippen LogP) is 4.87. The molecular weight excluding hydrogens is 384 g/mol. The van der Waals surface area contributed by atoms with Gasteiger partial charge in [-0.1, -0.05) is 50.6 Å². The summed E-state index contributed by atoms with van der Waals surface area (Å²) in [6, 6.07) is 16.5. The van der Waals surface area contributed by atoms with E-state index in [1.807, 2.05) is 24.3 Å². The molecule has 2 aromatic carbocycles. The van der Waals surface area contributed by atoms with Crippen molar-refractivity contribution in [2.75, 3.05) is 26.2 Å². The number of guanidine groups is 1. The summed E-state index contributed by atoms with van der Waals surface area (Å²) in [5, 5.41) is 3.58. The second kappa shape index (κ2) is 10.7. The lowest BCUT2D eigenvalue weighted by Gasteiger charge is -2.35. The quantitative estimate of drug-likeness (QED) is 0.494. The number of aryl methyl sites for hydroxylation is 1. The highest BCUT2D eigenvalue weighted by Gasteiger charge is 2.22. The lowest BCUT2D eigenvalue weighted by Crippen LogP contribution is -2.49. The first-order valence-electron chi connectivity index (χ1n) is 11.4. The van der Waals surface area contributed by atoms with Gasteiger partial charge in [0.15, 0.2) is 5.96 Å². The van der Waals surface area contributed by atoms with Crippen LogP contribution in [0, 0.1) is 18.3 Å². The molecule has 3 N–H and O–H groups in total. The standard InChI is InChI=1S/C26H38N4O/c1-20-7-9-22(10-8-20)17-31-24-13-11-23(12-14-24)29-25(28-19-26(3,4)18-27)30-15-5-6-21(2)16-30/h7-14,21H,5-6,15-19,27H2,1-4H3,(H,28,29). The molecule has 0 spiro atoms. The molecule has 1 heterocycles. The first kappa shape index (κ1) is 23.1. The molecule has 168 valence electrons. The largest absolute Gasteiger partial charge is 0.489 e. The molecular formula is C26H38N4O. The van der Waals surface area contributed by atoms with Gasteiger partial charge in [-0.3, -0.25) is 0 Å². The van der Waals surface area contributed by atoms with E-state index in [9.17, 15) is 0 Å². The molecule has 0 aromatic heterocycles. The van der Waals surface area contributed by atoms with E-state index in [1.54, 1.807) is 0 Å². The van der Waals surface area contributed by atoms with Crippen molar-refractivity contribution in [2.24, 2.45) is 22.1 Å². The van der Waals surface area contributed by atoms with Gasteiger partial charge in [0.25, 0.3) is 0 Å². The average molecular weight is 423 g/mol. The highest BCUT2D eigenvalue weighted by molar-refractivity contribution is 5.83. The van der Waals surface area contributed by atoms with Gasteiger partial charge in [0, 0.05) is 19.6 Å². The summed E-state index contributed by atoms with van der Waals surface area (Å²) in [7, 11) is 0. The van der Waals surface area contributed by atoms with E-state index in [-0.39, 0.29) is 5.41 Å². The highest BCUT2D eigenvalue weighted by atomic mass is 16.5. The monoisotopic (exact) mass is 422 g/mol. The third kappa shape index (κ3) is 7.28. The lowest BCUT2D eigenvalue weighted by molar-refractivity contribution is 0.261. The summed E-state index contributed by atoms with van der Waals surface area (Å²) in [5.41, 5.74) is 9.31. The molecule has 5 nitrogen and oxygen atoms in total. The SMILES string of the molecule is Cc1ccc(COc2ccc(/N=C(/NCC(C)(C)CN)N3CCCC(C)C3)cc2)cc1. The van der Waals surface area contributed by atoms with Crippen LogP contribution in [0.15, 0.2) is 53.5 Å². The molecule has 1 aliphatic heterocycles. The van der Waals surface area contributed by atoms with Crippen molar-refractivity contribution < 1.29 is 4.74 Å². The van der Waals surface area contributed by atoms with Crippen LogP contribution in [0.4, 0.5) is 5.69 Å². The van der Waals surface area contributed by atoms with Gasteiger partial charge in [-0.15, -0.1) is 0 Å². The Morgan fingerprint density at radius 2 is 1.87 bits per heavy atom. The molecule has 0 saturated carbocycles. The van der Waals surface area contributed by atoms with Gasteiger partial charge >= 0.3 is 0 Å². The molecule has 1 fully saturated rings. The van der Waals surface area contributed by atoms with Crippen molar-refractivity contribution >= 4 is 11.6 Å². The Hall–Kier alpha value is -2.53. The number of hydrogen-bond acceptors (Lipinski definition) is 3. The van der Waals surface area contributed by atoms with Gasteiger partial charge in [-0.05, 0) is 67.5 Å². The van der Waals surface area contributed by atoms with E-state index in [0.29, 0.717) is 19.1 Å². The zero-order chi connectivity index (χ0) is 22.3. The van der Waals surface area contributed by atoms with Crippen molar-refractivity contribution in [2.45, 2.75) is 47.1 Å². The maximum atomic E-state index is 5.94. The number of hydrogen-bond donors (Lipinski definition) is 2. The van der Waals surface area contributed by atoms with Crippen LogP contribution >= 0.6 is 0 Å². The van der Waals surface area contributed by atoms with Gasteiger partial charge < -0.3 is 20.7 Å². The number of nitrogens with zero attached hydrogens (tertiary/aromatic N) is 2. The average Bonchev–Trinajstić information content (AvgIpc) is 2.77. The second-order valence-corrected chi connectivity index (χ2v) is 9.62. The number of ether oxygens (including phenoxy) is 1. The Kier molecular flexibility index (Phi) is 7.97. The molecule has 1 saturated heterocycles. The molecule has 2 aromatic rings. The third-order valence-electron chi connectivity index (χ3n) is 5.83. The van der Waals surface area contributed by atoms with Crippen LogP contribution in [0.5, 0.6) is 5.75 Å². The number of nitrogens with one attached hydrogen (secondary N) is 1. The first-order valence-corrected chi connectivity index (χ1v) is 11.4. The van der Waals surface area contributed by atoms with Gasteiger partial charge in [0.2, 0.25) is 0 Å². The Bertz CT molecular complexity index is 843. The number of nitrogens with two attached hydrogens (primary N) is 1. The topological polar surface area (TPSA) is 62.9 Å². The van der Waals surface area contributed by atoms with Crippen molar-refractivity contribution in [3.63, 3.8) is 0 Å². The van der Waals surface area contributed by atoms with Crippen molar-refractivity contribution in [3.05, 3.63) is 59.7 Å². The van der Waals surface area contributed by atoms with E-state index < -0.39 is 0 Å². The molecule has 0 amide bonds. The van der Waals surface area contributed by atoms with E-state index in [4.69, 9.17) is 15.5 Å². The molecule has 0 radical (unpaired) electrons. The fourth-order valence-electron chi connectivity index (χ4n) is 3.58. The molecule has 3 rings (SSSR count). The third-order valence-corrected chi connectivity index (χ3v) is 5.83. The minimum absolute atomic E-state index is 0.0237. The normalized spacial score (nSPS) is 17.5. The number of benzene rings is 2. The zero-order valence-electron chi connectivity index (χ0n) is 19.5. The fourth-order valence-corrected chi connectivity index (χ4v) is 3.58. The van der Waals surface area contributed by atoms with E-state index in [2.05, 4.69) is 62.2 Å². The molecule has 0 aliphatic carbocycles. The molecule has 31 heavy (non-hydrogen) atoms. The van der Waals surface area contributed by atoms with Crippen LogP contribution in [0.25, 0.3) is 0 Å². The Labute approximate surface area is 187 Å². The fraction of sp³-hybridized carbons (Fsp3) is 0.500. The molecule has 1 unspecified atom stereocenters. The molecule has 1 aliphatic rings. The van der Waals surface area contributed by atoms with Crippen molar-refractivity contribution in [1.29, 1.82) is 0 Å². The van der Waals surface area contributed by atoms with E-state index in [0.717, 1.165) is 37.0 Å². The van der Waals surface area contributed by atoms with Gasteiger partial charge in [0.05, 0.1) is 5.69 Å². The predicted molar refractivity (Wildman–Crippen MR) is 130 cm³/mol. The summed E-state index contributed by atoms with van der Waals surface area (Å²) in [6.07, 6.45) is 2.49. The highest BCUT2D eigenvalue weighted by Crippen LogP contribution is 2.22. The summed E-state index contributed by atoms with van der Waals surface area (Å²) in [6.45, 7) is 12.8. The van der Waals surface area contributed by atoms with Crippen LogP contribution in [0.3, 0.4) is 0 Å². The summed E-state index contributed by atoms with van der Waals surface area (Å²) >= 11 is 0. The maximum absolute atomic E-state index is 5.94. The van der Waals surface area contributed by atoms with Crippen LogP contribution < -0.4 is 15.8 Å². The van der Waals surface area contributed by atoms with Crippen LogP contribution in [-0.4, -0.2) is 37.0 Å². The minimum atomic E-state index is 0.0237. The molecule has 0 bridgehead atoms. The van der Waals surface area contributed by atoms with E-state index in [1.165, 1.54) is 24.0 Å². The Balaban J connectivity index is 1.68.